The van der Waals surface area contributed by atoms with E-state index in [1.54, 1.807) is 11.3 Å². The number of hydrogen-bond donors (Lipinski definition) is 3. The Morgan fingerprint density at radius 1 is 1.35 bits per heavy atom. The SMILES string of the molecule is O=C(NCc1nc(C2CC2)cs1)N[C@H](CCO)c1ccccc1. The number of hydrogen-bond acceptors (Lipinski definition) is 4. The third-order valence-electron chi connectivity index (χ3n) is 3.89. The van der Waals surface area contributed by atoms with Crippen molar-refractivity contribution in [1.82, 2.24) is 15.6 Å². The Hall–Kier alpha value is -1.92. The summed E-state index contributed by atoms with van der Waals surface area (Å²) in [7, 11) is 0. The zero-order chi connectivity index (χ0) is 16.1. The molecule has 1 aromatic heterocycles. The van der Waals surface area contributed by atoms with Gasteiger partial charge < -0.3 is 15.7 Å². The molecule has 0 unspecified atom stereocenters. The summed E-state index contributed by atoms with van der Waals surface area (Å²) < 4.78 is 0. The lowest BCUT2D eigenvalue weighted by atomic mass is 10.0. The summed E-state index contributed by atoms with van der Waals surface area (Å²) in [6, 6.07) is 9.24. The van der Waals surface area contributed by atoms with Crippen LogP contribution < -0.4 is 10.6 Å². The van der Waals surface area contributed by atoms with Gasteiger partial charge in [0, 0.05) is 17.9 Å². The van der Waals surface area contributed by atoms with Crippen molar-refractivity contribution in [3.8, 4) is 0 Å². The van der Waals surface area contributed by atoms with Crippen LogP contribution in [0, 0.1) is 0 Å². The van der Waals surface area contributed by atoms with Crippen LogP contribution >= 0.6 is 11.3 Å². The molecule has 5 nitrogen and oxygen atoms in total. The van der Waals surface area contributed by atoms with Crippen molar-refractivity contribution in [3.05, 3.63) is 52.0 Å². The fourth-order valence-corrected chi connectivity index (χ4v) is 3.29. The number of benzene rings is 1. The zero-order valence-electron chi connectivity index (χ0n) is 12.9. The van der Waals surface area contributed by atoms with E-state index < -0.39 is 0 Å². The number of aliphatic hydroxyl groups is 1. The number of aromatic nitrogens is 1. The molecular formula is C17H21N3O2S. The molecule has 23 heavy (non-hydrogen) atoms. The number of urea groups is 1. The Labute approximate surface area is 139 Å². The Bertz CT molecular complexity index is 640. The van der Waals surface area contributed by atoms with Crippen molar-refractivity contribution < 1.29 is 9.90 Å². The van der Waals surface area contributed by atoms with E-state index in [4.69, 9.17) is 0 Å². The Morgan fingerprint density at radius 3 is 2.83 bits per heavy atom. The maximum absolute atomic E-state index is 12.1. The molecule has 1 heterocycles. The molecule has 0 bridgehead atoms. The second-order valence-corrected chi connectivity index (χ2v) is 6.69. The predicted octanol–water partition coefficient (Wildman–Crippen LogP) is 2.94. The molecule has 0 radical (unpaired) electrons. The summed E-state index contributed by atoms with van der Waals surface area (Å²) in [4.78, 5) is 16.7. The molecule has 1 saturated carbocycles. The molecule has 0 spiro atoms. The minimum absolute atomic E-state index is 0.0249. The molecule has 1 fully saturated rings. The van der Waals surface area contributed by atoms with Crippen molar-refractivity contribution in [2.45, 2.75) is 37.8 Å². The van der Waals surface area contributed by atoms with Gasteiger partial charge in [0.05, 0.1) is 18.3 Å². The van der Waals surface area contributed by atoms with Gasteiger partial charge in [-0.3, -0.25) is 0 Å². The summed E-state index contributed by atoms with van der Waals surface area (Å²) in [5, 5.41) is 18.0. The number of amides is 2. The van der Waals surface area contributed by atoms with Crippen LogP contribution in [0.5, 0.6) is 0 Å². The monoisotopic (exact) mass is 331 g/mol. The summed E-state index contributed by atoms with van der Waals surface area (Å²) in [6.07, 6.45) is 2.95. The van der Waals surface area contributed by atoms with Crippen LogP contribution in [0.4, 0.5) is 4.79 Å². The van der Waals surface area contributed by atoms with Crippen LogP contribution in [0.1, 0.15) is 47.5 Å². The van der Waals surface area contributed by atoms with Crippen molar-refractivity contribution in [1.29, 1.82) is 0 Å². The molecule has 2 amide bonds. The van der Waals surface area contributed by atoms with Gasteiger partial charge in [-0.05, 0) is 24.8 Å². The van der Waals surface area contributed by atoms with Crippen molar-refractivity contribution >= 4 is 17.4 Å². The molecule has 1 aromatic carbocycles. The van der Waals surface area contributed by atoms with Crippen molar-refractivity contribution in [2.75, 3.05) is 6.61 Å². The number of rotatable bonds is 7. The Morgan fingerprint density at radius 2 is 2.13 bits per heavy atom. The van der Waals surface area contributed by atoms with Gasteiger partial charge >= 0.3 is 6.03 Å². The summed E-state index contributed by atoms with van der Waals surface area (Å²) in [5.41, 5.74) is 2.15. The van der Waals surface area contributed by atoms with E-state index in [0.717, 1.165) is 16.3 Å². The zero-order valence-corrected chi connectivity index (χ0v) is 13.7. The summed E-state index contributed by atoms with van der Waals surface area (Å²) in [6.45, 7) is 0.459. The van der Waals surface area contributed by atoms with E-state index in [9.17, 15) is 9.90 Å². The van der Waals surface area contributed by atoms with E-state index in [1.165, 1.54) is 12.8 Å². The largest absolute Gasteiger partial charge is 0.396 e. The highest BCUT2D eigenvalue weighted by molar-refractivity contribution is 7.09. The molecule has 0 aliphatic heterocycles. The highest BCUT2D eigenvalue weighted by Crippen LogP contribution is 2.40. The quantitative estimate of drug-likeness (QED) is 0.730. The number of carbonyl (C=O) groups is 1. The minimum atomic E-state index is -0.240. The van der Waals surface area contributed by atoms with E-state index in [0.29, 0.717) is 18.9 Å². The van der Waals surface area contributed by atoms with Gasteiger partial charge in [0.2, 0.25) is 0 Å². The fraction of sp³-hybridized carbons (Fsp3) is 0.412. The van der Waals surface area contributed by atoms with E-state index in [1.807, 2.05) is 30.3 Å². The Kier molecular flexibility index (Phi) is 5.25. The van der Waals surface area contributed by atoms with Crippen LogP contribution in [0.2, 0.25) is 0 Å². The van der Waals surface area contributed by atoms with Gasteiger partial charge in [0.15, 0.2) is 0 Å². The second-order valence-electron chi connectivity index (χ2n) is 5.74. The number of nitrogens with one attached hydrogen (secondary N) is 2. The smallest absolute Gasteiger partial charge is 0.315 e. The van der Waals surface area contributed by atoms with E-state index >= 15 is 0 Å². The maximum Gasteiger partial charge on any atom is 0.315 e. The van der Waals surface area contributed by atoms with Crippen LogP contribution in [0.15, 0.2) is 35.7 Å². The number of nitrogens with zero attached hydrogens (tertiary/aromatic N) is 1. The molecule has 2 aromatic rings. The highest BCUT2D eigenvalue weighted by atomic mass is 32.1. The van der Waals surface area contributed by atoms with Crippen molar-refractivity contribution in [2.24, 2.45) is 0 Å². The van der Waals surface area contributed by atoms with Crippen LogP contribution in [0.3, 0.4) is 0 Å². The van der Waals surface area contributed by atoms with Gasteiger partial charge in [-0.15, -0.1) is 11.3 Å². The molecule has 1 aliphatic rings. The molecule has 3 N–H and O–H groups in total. The molecule has 122 valence electrons. The predicted molar refractivity (Wildman–Crippen MR) is 90.3 cm³/mol. The van der Waals surface area contributed by atoms with Crippen LogP contribution in [0.25, 0.3) is 0 Å². The standard InChI is InChI=1S/C17H21N3O2S/c21-9-8-14(12-4-2-1-3-5-12)20-17(22)18-10-16-19-15(11-23-16)13-6-7-13/h1-5,11,13-14,21H,6-10H2,(H2,18,20,22)/t14-/m1/s1. The lowest BCUT2D eigenvalue weighted by Gasteiger charge is -2.18. The van der Waals surface area contributed by atoms with E-state index in [-0.39, 0.29) is 18.7 Å². The third kappa shape index (κ3) is 4.53. The number of aliphatic hydroxyl groups excluding tert-OH is 1. The van der Waals surface area contributed by atoms with Crippen LogP contribution in [-0.4, -0.2) is 22.7 Å². The third-order valence-corrected chi connectivity index (χ3v) is 4.76. The molecule has 6 heteroatoms. The molecule has 1 atom stereocenters. The first-order valence-corrected chi connectivity index (χ1v) is 8.78. The molecule has 3 rings (SSSR count). The van der Waals surface area contributed by atoms with Gasteiger partial charge in [-0.25, -0.2) is 9.78 Å². The lowest BCUT2D eigenvalue weighted by molar-refractivity contribution is 0.229. The maximum atomic E-state index is 12.1. The normalized spacial score (nSPS) is 15.2. The second kappa shape index (κ2) is 7.57. The van der Waals surface area contributed by atoms with Crippen LogP contribution in [-0.2, 0) is 6.54 Å². The molecular weight excluding hydrogens is 310 g/mol. The van der Waals surface area contributed by atoms with Gasteiger partial charge in [0.25, 0.3) is 0 Å². The van der Waals surface area contributed by atoms with E-state index in [2.05, 4.69) is 21.0 Å². The first-order valence-electron chi connectivity index (χ1n) is 7.90. The van der Waals surface area contributed by atoms with Gasteiger partial charge in [0.1, 0.15) is 5.01 Å². The topological polar surface area (TPSA) is 74.2 Å². The minimum Gasteiger partial charge on any atom is -0.396 e. The fourth-order valence-electron chi connectivity index (χ4n) is 2.47. The lowest BCUT2D eigenvalue weighted by Crippen LogP contribution is -2.37. The first-order chi connectivity index (χ1) is 11.3. The number of carbonyl (C=O) groups excluding carboxylic acids is 1. The molecule has 1 aliphatic carbocycles. The van der Waals surface area contributed by atoms with Gasteiger partial charge in [-0.2, -0.15) is 0 Å². The summed E-state index contributed by atoms with van der Waals surface area (Å²) in [5.74, 6) is 0.640. The van der Waals surface area contributed by atoms with Gasteiger partial charge in [-0.1, -0.05) is 30.3 Å². The van der Waals surface area contributed by atoms with Crippen molar-refractivity contribution in [3.63, 3.8) is 0 Å². The highest BCUT2D eigenvalue weighted by Gasteiger charge is 2.26. The number of thiazole rings is 1. The first kappa shape index (κ1) is 16.0. The Balaban J connectivity index is 1.52. The average molecular weight is 331 g/mol. The molecule has 0 saturated heterocycles. The summed E-state index contributed by atoms with van der Waals surface area (Å²) >= 11 is 1.59. The average Bonchev–Trinajstić information content (AvgIpc) is 3.32.